The van der Waals surface area contributed by atoms with Crippen molar-refractivity contribution in [3.05, 3.63) is 112 Å². The van der Waals surface area contributed by atoms with Crippen molar-refractivity contribution in [2.24, 2.45) is 5.10 Å². The monoisotopic (exact) mass is 497 g/mol. The number of fused-ring (bicyclic) bond motifs is 1. The van der Waals surface area contributed by atoms with Crippen LogP contribution in [0.15, 0.2) is 90.0 Å². The maximum atomic E-state index is 12.8. The highest BCUT2D eigenvalue weighted by molar-refractivity contribution is 6.04. The number of carbonyl (C=O) groups is 2. The number of hydrogen-bond acceptors (Lipinski definition) is 7. The first kappa shape index (κ1) is 25.1. The molecule has 0 saturated heterocycles. The van der Waals surface area contributed by atoms with Crippen LogP contribution >= 0.6 is 0 Å². The van der Waals surface area contributed by atoms with E-state index in [0.717, 1.165) is 16.3 Å². The number of hydrazone groups is 1. The van der Waals surface area contributed by atoms with Crippen molar-refractivity contribution in [2.75, 3.05) is 0 Å². The number of ether oxygens (including phenoxy) is 2. The fraction of sp³-hybridized carbons (Fsp3) is 0.107. The molecule has 0 heterocycles. The quantitative estimate of drug-likeness (QED) is 0.118. The molecule has 9 heteroatoms. The third-order valence-corrected chi connectivity index (χ3v) is 5.49. The lowest BCUT2D eigenvalue weighted by molar-refractivity contribution is -0.384. The second kappa shape index (κ2) is 11.1. The predicted octanol–water partition coefficient (Wildman–Crippen LogP) is 5.19. The Bertz CT molecular complexity index is 1500. The third kappa shape index (κ3) is 6.15. The second-order valence-corrected chi connectivity index (χ2v) is 8.20. The molecule has 9 nitrogen and oxygen atoms in total. The van der Waals surface area contributed by atoms with E-state index in [9.17, 15) is 19.7 Å². The fourth-order valence-electron chi connectivity index (χ4n) is 3.58. The summed E-state index contributed by atoms with van der Waals surface area (Å²) in [6.45, 7) is 3.42. The molecule has 0 aliphatic carbocycles. The molecule has 0 aliphatic heterocycles. The number of hydrogen-bond donors (Lipinski definition) is 1. The molecule has 0 saturated carbocycles. The van der Waals surface area contributed by atoms with Crippen LogP contribution in [0.1, 0.15) is 28.4 Å². The van der Waals surface area contributed by atoms with Gasteiger partial charge in [0.1, 0.15) is 11.5 Å². The van der Waals surface area contributed by atoms with Crippen LogP contribution in [0.5, 0.6) is 11.5 Å². The van der Waals surface area contributed by atoms with Crippen LogP contribution in [0.25, 0.3) is 10.8 Å². The topological polar surface area (TPSA) is 120 Å². The Hall–Kier alpha value is -5.05. The number of nitro groups is 1. The lowest BCUT2D eigenvalue weighted by atomic mass is 10.0. The predicted molar refractivity (Wildman–Crippen MR) is 139 cm³/mol. The summed E-state index contributed by atoms with van der Waals surface area (Å²) < 4.78 is 11.2. The molecule has 4 rings (SSSR count). The van der Waals surface area contributed by atoms with Crippen molar-refractivity contribution >= 4 is 34.6 Å². The highest BCUT2D eigenvalue weighted by Crippen LogP contribution is 2.27. The average Bonchev–Trinajstić information content (AvgIpc) is 2.89. The molecule has 0 bridgehead atoms. The van der Waals surface area contributed by atoms with E-state index in [1.165, 1.54) is 37.4 Å². The number of esters is 1. The molecular weight excluding hydrogens is 474 g/mol. The summed E-state index contributed by atoms with van der Waals surface area (Å²) in [7, 11) is 0. The van der Waals surface area contributed by atoms with E-state index in [2.05, 4.69) is 10.5 Å². The number of amides is 1. The van der Waals surface area contributed by atoms with Gasteiger partial charge in [-0.3, -0.25) is 14.9 Å². The number of nitro benzene ring substituents is 1. The van der Waals surface area contributed by atoms with Gasteiger partial charge in [-0.25, -0.2) is 10.2 Å². The number of benzene rings is 4. The Balaban J connectivity index is 1.50. The molecule has 1 amide bonds. The summed E-state index contributed by atoms with van der Waals surface area (Å²) in [5, 5.41) is 16.5. The summed E-state index contributed by atoms with van der Waals surface area (Å²) in [5.41, 5.74) is 4.21. The summed E-state index contributed by atoms with van der Waals surface area (Å²) in [5.74, 6) is -0.453. The molecule has 0 aliphatic rings. The molecule has 37 heavy (non-hydrogen) atoms. The summed E-state index contributed by atoms with van der Waals surface area (Å²) in [4.78, 5) is 35.5. The Morgan fingerprint density at radius 1 is 1.00 bits per heavy atom. The van der Waals surface area contributed by atoms with E-state index in [0.29, 0.717) is 22.6 Å². The molecule has 4 aromatic rings. The Morgan fingerprint density at radius 3 is 2.49 bits per heavy atom. The smallest absolute Gasteiger partial charge is 0.343 e. The number of nitrogens with one attached hydrogen (secondary N) is 1. The Kier molecular flexibility index (Phi) is 7.53. The average molecular weight is 498 g/mol. The molecule has 0 spiro atoms. The van der Waals surface area contributed by atoms with Gasteiger partial charge in [0.25, 0.3) is 11.6 Å². The standard InChI is InChI=1S/C28H23N3O6/c1-18-6-5-8-21(16-18)28(33)37-26-15-10-20-7-3-4-9-24(20)25(26)17-29-30-27(32)19(2)36-23-13-11-22(12-14-23)31(34)35/h3-17,19H,1-2H3,(H,30,32)/b29-17-/t19-/m0/s1. The van der Waals surface area contributed by atoms with Gasteiger partial charge in [-0.15, -0.1) is 0 Å². The first-order chi connectivity index (χ1) is 17.8. The molecule has 1 atom stereocenters. The van der Waals surface area contributed by atoms with Gasteiger partial charge >= 0.3 is 5.97 Å². The van der Waals surface area contributed by atoms with Gasteiger partial charge in [-0.1, -0.05) is 48.0 Å². The van der Waals surface area contributed by atoms with E-state index in [1.54, 1.807) is 24.3 Å². The van der Waals surface area contributed by atoms with Crippen LogP contribution in [-0.2, 0) is 4.79 Å². The molecule has 0 radical (unpaired) electrons. The van der Waals surface area contributed by atoms with Crippen LogP contribution < -0.4 is 14.9 Å². The molecule has 186 valence electrons. The molecule has 4 aromatic carbocycles. The van der Waals surface area contributed by atoms with Crippen LogP contribution in [0.3, 0.4) is 0 Å². The first-order valence-electron chi connectivity index (χ1n) is 11.4. The van der Waals surface area contributed by atoms with E-state index >= 15 is 0 Å². The van der Waals surface area contributed by atoms with E-state index < -0.39 is 22.9 Å². The maximum absolute atomic E-state index is 12.8. The number of carbonyl (C=O) groups excluding carboxylic acids is 2. The molecule has 1 N–H and O–H groups in total. The summed E-state index contributed by atoms with van der Waals surface area (Å²) in [6, 6.07) is 23.5. The van der Waals surface area contributed by atoms with E-state index in [1.807, 2.05) is 43.3 Å². The zero-order chi connectivity index (χ0) is 26.4. The minimum atomic E-state index is -0.926. The molecule has 0 fully saturated rings. The normalized spacial score (nSPS) is 11.7. The van der Waals surface area contributed by atoms with E-state index in [-0.39, 0.29) is 5.69 Å². The summed E-state index contributed by atoms with van der Waals surface area (Å²) in [6.07, 6.45) is 0.488. The second-order valence-electron chi connectivity index (χ2n) is 8.20. The van der Waals surface area contributed by atoms with Crippen LogP contribution in [0.2, 0.25) is 0 Å². The minimum absolute atomic E-state index is 0.0805. The van der Waals surface area contributed by atoms with Crippen molar-refractivity contribution in [1.29, 1.82) is 0 Å². The van der Waals surface area contributed by atoms with Gasteiger partial charge in [-0.05, 0) is 55.0 Å². The van der Waals surface area contributed by atoms with Crippen molar-refractivity contribution in [2.45, 2.75) is 20.0 Å². The number of nitrogens with zero attached hydrogens (tertiary/aromatic N) is 2. The highest BCUT2D eigenvalue weighted by Gasteiger charge is 2.16. The maximum Gasteiger partial charge on any atom is 0.343 e. The Labute approximate surface area is 212 Å². The molecule has 0 aromatic heterocycles. The number of non-ortho nitro benzene ring substituents is 1. The van der Waals surface area contributed by atoms with Gasteiger partial charge in [-0.2, -0.15) is 5.10 Å². The largest absolute Gasteiger partial charge is 0.481 e. The summed E-state index contributed by atoms with van der Waals surface area (Å²) >= 11 is 0. The Morgan fingerprint density at radius 2 is 1.76 bits per heavy atom. The van der Waals surface area contributed by atoms with Crippen LogP contribution in [-0.4, -0.2) is 29.1 Å². The van der Waals surface area contributed by atoms with Crippen molar-refractivity contribution in [3.63, 3.8) is 0 Å². The van der Waals surface area contributed by atoms with Crippen molar-refractivity contribution in [1.82, 2.24) is 5.43 Å². The lowest BCUT2D eigenvalue weighted by Crippen LogP contribution is -2.33. The highest BCUT2D eigenvalue weighted by atomic mass is 16.6. The minimum Gasteiger partial charge on any atom is -0.481 e. The van der Waals surface area contributed by atoms with Gasteiger partial charge in [0, 0.05) is 17.7 Å². The molecular formula is C28H23N3O6. The van der Waals surface area contributed by atoms with Crippen LogP contribution in [0.4, 0.5) is 5.69 Å². The SMILES string of the molecule is Cc1cccc(C(=O)Oc2ccc3ccccc3c2/C=N\NC(=O)[C@H](C)Oc2ccc([N+](=O)[O-])cc2)c1. The van der Waals surface area contributed by atoms with Gasteiger partial charge in [0.2, 0.25) is 0 Å². The lowest BCUT2D eigenvalue weighted by Gasteiger charge is -2.13. The van der Waals surface area contributed by atoms with Gasteiger partial charge in [0.15, 0.2) is 6.10 Å². The zero-order valence-electron chi connectivity index (χ0n) is 20.1. The van der Waals surface area contributed by atoms with E-state index in [4.69, 9.17) is 9.47 Å². The number of rotatable bonds is 8. The fourth-order valence-corrected chi connectivity index (χ4v) is 3.58. The molecule has 0 unspecified atom stereocenters. The first-order valence-corrected chi connectivity index (χ1v) is 11.4. The third-order valence-electron chi connectivity index (χ3n) is 5.49. The number of aryl methyl sites for hydroxylation is 1. The van der Waals surface area contributed by atoms with Crippen molar-refractivity contribution < 1.29 is 24.0 Å². The van der Waals surface area contributed by atoms with Gasteiger partial charge in [0.05, 0.1) is 16.7 Å². The zero-order valence-corrected chi connectivity index (χ0v) is 20.1. The van der Waals surface area contributed by atoms with Crippen molar-refractivity contribution in [3.8, 4) is 11.5 Å². The van der Waals surface area contributed by atoms with Gasteiger partial charge < -0.3 is 9.47 Å². The van der Waals surface area contributed by atoms with Crippen LogP contribution in [0, 0.1) is 17.0 Å².